The van der Waals surface area contributed by atoms with E-state index in [0.717, 1.165) is 11.4 Å². The molecule has 0 radical (unpaired) electrons. The first kappa shape index (κ1) is 12.1. The maximum atomic E-state index is 5.99. The van der Waals surface area contributed by atoms with Gasteiger partial charge in [0.1, 0.15) is 0 Å². The van der Waals surface area contributed by atoms with Gasteiger partial charge in [0.2, 0.25) is 0 Å². The molecule has 1 heterocycles. The number of nitrogens with one attached hydrogen (secondary N) is 1. The molecule has 0 saturated heterocycles. The summed E-state index contributed by atoms with van der Waals surface area (Å²) in [5, 5.41) is 8.28. The van der Waals surface area contributed by atoms with E-state index in [4.69, 9.17) is 11.6 Å². The molecule has 90 valence electrons. The molecule has 3 nitrogen and oxygen atoms in total. The maximum Gasteiger partial charge on any atom is 0.0553 e. The molecule has 2 aromatic rings. The smallest absolute Gasteiger partial charge is 0.0553 e. The number of hydrogen-bond donors (Lipinski definition) is 1. The summed E-state index contributed by atoms with van der Waals surface area (Å²) >= 11 is 5.99. The van der Waals surface area contributed by atoms with Gasteiger partial charge in [-0.25, -0.2) is 0 Å². The van der Waals surface area contributed by atoms with E-state index >= 15 is 0 Å². The highest BCUT2D eigenvalue weighted by molar-refractivity contribution is 6.30. The van der Waals surface area contributed by atoms with E-state index in [1.165, 1.54) is 11.3 Å². The third kappa shape index (κ3) is 2.87. The molecule has 1 atom stereocenters. The average Bonchev–Trinajstić information content (AvgIpc) is 2.72. The number of likely N-dealkylation sites (N-methyl/N-ethyl adjacent to an activating group) is 1. The number of hydrogen-bond acceptors (Lipinski definition) is 2. The van der Waals surface area contributed by atoms with Crippen molar-refractivity contribution in [3.63, 3.8) is 0 Å². The standard InChI is InChI=1S/C13H16ClN3/c1-15-12(13-6-7-16-17(13)2)9-10-4-3-5-11(14)8-10/h3-8,12,15H,9H2,1-2H3. The van der Waals surface area contributed by atoms with Gasteiger partial charge in [-0.15, -0.1) is 0 Å². The summed E-state index contributed by atoms with van der Waals surface area (Å²) in [7, 11) is 3.92. The number of halogens is 1. The Morgan fingerprint density at radius 1 is 1.41 bits per heavy atom. The minimum absolute atomic E-state index is 0.251. The third-order valence-electron chi connectivity index (χ3n) is 2.89. The number of benzene rings is 1. The van der Waals surface area contributed by atoms with Crippen LogP contribution < -0.4 is 5.32 Å². The van der Waals surface area contributed by atoms with Crippen molar-refractivity contribution in [2.45, 2.75) is 12.5 Å². The zero-order valence-electron chi connectivity index (χ0n) is 10.0. The van der Waals surface area contributed by atoms with Gasteiger partial charge in [-0.1, -0.05) is 23.7 Å². The summed E-state index contributed by atoms with van der Waals surface area (Å²) in [5.74, 6) is 0. The van der Waals surface area contributed by atoms with Gasteiger partial charge in [0.25, 0.3) is 0 Å². The quantitative estimate of drug-likeness (QED) is 0.903. The van der Waals surface area contributed by atoms with Gasteiger partial charge in [-0.3, -0.25) is 4.68 Å². The second-order valence-corrected chi connectivity index (χ2v) is 4.49. The third-order valence-corrected chi connectivity index (χ3v) is 3.13. The van der Waals surface area contributed by atoms with Crippen LogP contribution in [-0.4, -0.2) is 16.8 Å². The summed E-state index contributed by atoms with van der Waals surface area (Å²) in [5.41, 5.74) is 2.39. The molecule has 1 unspecified atom stereocenters. The molecular weight excluding hydrogens is 234 g/mol. The lowest BCUT2D eigenvalue weighted by Gasteiger charge is -2.16. The molecule has 4 heteroatoms. The lowest BCUT2D eigenvalue weighted by Crippen LogP contribution is -2.21. The van der Waals surface area contributed by atoms with E-state index in [1.54, 1.807) is 0 Å². The van der Waals surface area contributed by atoms with Crippen LogP contribution in [0.4, 0.5) is 0 Å². The maximum absolute atomic E-state index is 5.99. The minimum atomic E-state index is 0.251. The number of aryl methyl sites for hydroxylation is 1. The zero-order chi connectivity index (χ0) is 12.3. The van der Waals surface area contributed by atoms with Gasteiger partial charge in [0.15, 0.2) is 0 Å². The highest BCUT2D eigenvalue weighted by Crippen LogP contribution is 2.19. The normalized spacial score (nSPS) is 12.6. The molecule has 0 aliphatic rings. The summed E-state index contributed by atoms with van der Waals surface area (Å²) in [6.07, 6.45) is 2.72. The van der Waals surface area contributed by atoms with Crippen LogP contribution >= 0.6 is 11.6 Å². The van der Waals surface area contributed by atoms with E-state index in [9.17, 15) is 0 Å². The van der Waals surface area contributed by atoms with E-state index in [-0.39, 0.29) is 6.04 Å². The second kappa shape index (κ2) is 5.34. The Morgan fingerprint density at radius 2 is 2.24 bits per heavy atom. The van der Waals surface area contributed by atoms with Crippen LogP contribution in [0.1, 0.15) is 17.3 Å². The fraction of sp³-hybridized carbons (Fsp3) is 0.308. The molecule has 0 aliphatic heterocycles. The van der Waals surface area contributed by atoms with E-state index in [0.29, 0.717) is 0 Å². The first-order chi connectivity index (χ1) is 8.20. The molecule has 0 aliphatic carbocycles. The van der Waals surface area contributed by atoms with Crippen LogP contribution in [-0.2, 0) is 13.5 Å². The number of nitrogens with zero attached hydrogens (tertiary/aromatic N) is 2. The molecule has 0 amide bonds. The van der Waals surface area contributed by atoms with Crippen LogP contribution in [0.3, 0.4) is 0 Å². The van der Waals surface area contributed by atoms with Crippen molar-refractivity contribution in [2.24, 2.45) is 7.05 Å². The van der Waals surface area contributed by atoms with Crippen molar-refractivity contribution in [1.82, 2.24) is 15.1 Å². The van der Waals surface area contributed by atoms with Crippen molar-refractivity contribution in [3.05, 3.63) is 52.8 Å². The summed E-state index contributed by atoms with van der Waals surface area (Å²) in [6, 6.07) is 10.2. The highest BCUT2D eigenvalue weighted by atomic mass is 35.5. The topological polar surface area (TPSA) is 29.9 Å². The molecule has 0 bridgehead atoms. The van der Waals surface area contributed by atoms with Crippen molar-refractivity contribution in [3.8, 4) is 0 Å². The van der Waals surface area contributed by atoms with Crippen LogP contribution in [0.5, 0.6) is 0 Å². The Balaban J connectivity index is 2.19. The SMILES string of the molecule is CNC(Cc1cccc(Cl)c1)c1ccnn1C. The van der Waals surface area contributed by atoms with Crippen LogP contribution in [0, 0.1) is 0 Å². The van der Waals surface area contributed by atoms with E-state index in [1.807, 2.05) is 49.2 Å². The lowest BCUT2D eigenvalue weighted by atomic mass is 10.0. The Hall–Kier alpha value is -1.32. The predicted molar refractivity (Wildman–Crippen MR) is 70.2 cm³/mol. The highest BCUT2D eigenvalue weighted by Gasteiger charge is 2.13. The lowest BCUT2D eigenvalue weighted by molar-refractivity contribution is 0.537. The Bertz CT molecular complexity index is 493. The zero-order valence-corrected chi connectivity index (χ0v) is 10.8. The first-order valence-electron chi connectivity index (χ1n) is 5.60. The van der Waals surface area contributed by atoms with Crippen molar-refractivity contribution >= 4 is 11.6 Å². The molecular formula is C13H16ClN3. The van der Waals surface area contributed by atoms with Gasteiger partial charge in [0.05, 0.1) is 11.7 Å². The molecule has 0 spiro atoms. The van der Waals surface area contributed by atoms with Crippen molar-refractivity contribution < 1.29 is 0 Å². The monoisotopic (exact) mass is 249 g/mol. The Morgan fingerprint density at radius 3 is 2.82 bits per heavy atom. The van der Waals surface area contributed by atoms with Crippen LogP contribution in [0.15, 0.2) is 36.5 Å². The average molecular weight is 250 g/mol. The molecule has 0 fully saturated rings. The molecule has 0 saturated carbocycles. The molecule has 1 N–H and O–H groups in total. The predicted octanol–water partition coefficient (Wildman–Crippen LogP) is 2.58. The van der Waals surface area contributed by atoms with Gasteiger partial charge in [-0.2, -0.15) is 5.10 Å². The number of rotatable bonds is 4. The van der Waals surface area contributed by atoms with Gasteiger partial charge < -0.3 is 5.32 Å². The Kier molecular flexibility index (Phi) is 3.82. The summed E-state index contributed by atoms with van der Waals surface area (Å²) in [6.45, 7) is 0. The van der Waals surface area contributed by atoms with E-state index < -0.39 is 0 Å². The van der Waals surface area contributed by atoms with Crippen LogP contribution in [0.25, 0.3) is 0 Å². The van der Waals surface area contributed by atoms with Gasteiger partial charge in [0, 0.05) is 18.3 Å². The fourth-order valence-electron chi connectivity index (χ4n) is 1.98. The summed E-state index contributed by atoms with van der Waals surface area (Å²) < 4.78 is 1.89. The molecule has 1 aromatic heterocycles. The molecule has 17 heavy (non-hydrogen) atoms. The van der Waals surface area contributed by atoms with Crippen molar-refractivity contribution in [2.75, 3.05) is 7.05 Å². The van der Waals surface area contributed by atoms with E-state index in [2.05, 4.69) is 16.5 Å². The first-order valence-corrected chi connectivity index (χ1v) is 5.98. The van der Waals surface area contributed by atoms with Gasteiger partial charge in [-0.05, 0) is 37.2 Å². The Labute approximate surface area is 106 Å². The molecule has 2 rings (SSSR count). The van der Waals surface area contributed by atoms with Gasteiger partial charge >= 0.3 is 0 Å². The number of aromatic nitrogens is 2. The fourth-order valence-corrected chi connectivity index (χ4v) is 2.19. The van der Waals surface area contributed by atoms with Crippen molar-refractivity contribution in [1.29, 1.82) is 0 Å². The molecule has 1 aromatic carbocycles. The largest absolute Gasteiger partial charge is 0.311 e. The van der Waals surface area contributed by atoms with Crippen LogP contribution in [0.2, 0.25) is 5.02 Å². The minimum Gasteiger partial charge on any atom is -0.311 e. The second-order valence-electron chi connectivity index (χ2n) is 4.05. The summed E-state index contributed by atoms with van der Waals surface area (Å²) in [4.78, 5) is 0.